The van der Waals surface area contributed by atoms with Gasteiger partial charge in [-0.3, -0.25) is 0 Å². The van der Waals surface area contributed by atoms with Gasteiger partial charge in [-0.2, -0.15) is 0 Å². The van der Waals surface area contributed by atoms with Crippen molar-refractivity contribution in [3.05, 3.63) is 133 Å². The Labute approximate surface area is 280 Å². The largest absolute Gasteiger partial charge is 2.00 e. The Morgan fingerprint density at radius 3 is 1.14 bits per heavy atom. The standard InChI is InChI=1S/2C17H14O3S.Ca/c2*1-2-5-12-8-9-15-10-13-6-3-4-7-14(13)11-16(15)17(12)21(18,19)20;/h2*2-4,6-11H,1,5H2,(H,18,19,20);/q;;+2/p-2. The van der Waals surface area contributed by atoms with Crippen LogP contribution in [0.25, 0.3) is 43.1 Å². The van der Waals surface area contributed by atoms with E-state index in [1.165, 1.54) is 0 Å². The number of fused-ring (bicyclic) bond motifs is 4. The second-order valence-corrected chi connectivity index (χ2v) is 12.5. The monoisotopic (exact) mass is 634 g/mol. The van der Waals surface area contributed by atoms with Crippen molar-refractivity contribution in [3.8, 4) is 0 Å². The second kappa shape index (κ2) is 13.3. The van der Waals surface area contributed by atoms with Crippen molar-refractivity contribution in [2.24, 2.45) is 0 Å². The van der Waals surface area contributed by atoms with E-state index >= 15 is 0 Å². The number of hydrogen-bond acceptors (Lipinski definition) is 6. The maximum atomic E-state index is 11.7. The molecule has 0 aliphatic rings. The normalized spacial score (nSPS) is 11.6. The van der Waals surface area contributed by atoms with Crippen molar-refractivity contribution in [1.29, 1.82) is 0 Å². The van der Waals surface area contributed by atoms with E-state index in [1.54, 1.807) is 36.4 Å². The minimum Gasteiger partial charge on any atom is -0.744 e. The molecule has 43 heavy (non-hydrogen) atoms. The van der Waals surface area contributed by atoms with Crippen LogP contribution in [0.2, 0.25) is 0 Å². The molecule has 0 unspecified atom stereocenters. The minimum atomic E-state index is -4.55. The third kappa shape index (κ3) is 7.02. The first-order valence-corrected chi connectivity index (χ1v) is 15.9. The van der Waals surface area contributed by atoms with Crippen LogP contribution < -0.4 is 0 Å². The van der Waals surface area contributed by atoms with Crippen LogP contribution in [0.15, 0.2) is 132 Å². The number of benzene rings is 6. The molecule has 0 aliphatic carbocycles. The van der Waals surface area contributed by atoms with Gasteiger partial charge in [0.1, 0.15) is 20.2 Å². The molecule has 0 bridgehead atoms. The molecule has 6 rings (SSSR count). The molecule has 0 heterocycles. The first-order chi connectivity index (χ1) is 20.0. The molecule has 0 saturated heterocycles. The number of rotatable bonds is 6. The average molecular weight is 635 g/mol. The summed E-state index contributed by atoms with van der Waals surface area (Å²) in [5.41, 5.74) is 0.977. The molecular formula is C34H26CaO6S2. The second-order valence-electron chi connectivity index (χ2n) is 9.84. The van der Waals surface area contributed by atoms with Gasteiger partial charge in [-0.1, -0.05) is 84.9 Å². The van der Waals surface area contributed by atoms with Crippen LogP contribution in [-0.2, 0) is 33.1 Å². The molecule has 0 fully saturated rings. The van der Waals surface area contributed by atoms with Crippen molar-refractivity contribution in [1.82, 2.24) is 0 Å². The summed E-state index contributed by atoms with van der Waals surface area (Å²) in [6.07, 6.45) is 3.88. The number of allylic oxidation sites excluding steroid dienone is 2. The van der Waals surface area contributed by atoms with Gasteiger partial charge in [0.2, 0.25) is 0 Å². The summed E-state index contributed by atoms with van der Waals surface area (Å²) in [7, 11) is -9.10. The van der Waals surface area contributed by atoms with Gasteiger partial charge in [-0.15, -0.1) is 13.2 Å². The van der Waals surface area contributed by atoms with Gasteiger partial charge in [0, 0.05) is 10.8 Å². The summed E-state index contributed by atoms with van der Waals surface area (Å²) in [6.45, 7) is 7.22. The van der Waals surface area contributed by atoms with E-state index in [0.29, 0.717) is 34.7 Å². The molecule has 9 heteroatoms. The average Bonchev–Trinajstić information content (AvgIpc) is 2.94. The first kappa shape index (κ1) is 32.8. The van der Waals surface area contributed by atoms with E-state index in [4.69, 9.17) is 0 Å². The molecule has 6 aromatic rings. The van der Waals surface area contributed by atoms with Gasteiger partial charge in [-0.05, 0) is 80.6 Å². The van der Waals surface area contributed by atoms with Crippen molar-refractivity contribution in [2.75, 3.05) is 0 Å². The Morgan fingerprint density at radius 1 is 0.512 bits per heavy atom. The van der Waals surface area contributed by atoms with Crippen LogP contribution in [-0.4, -0.2) is 63.7 Å². The maximum Gasteiger partial charge on any atom is 2.00 e. The van der Waals surface area contributed by atoms with Crippen LogP contribution in [0.5, 0.6) is 0 Å². The molecule has 0 saturated carbocycles. The van der Waals surface area contributed by atoms with E-state index in [2.05, 4.69) is 13.2 Å². The zero-order chi connectivity index (χ0) is 30.1. The molecule has 6 nitrogen and oxygen atoms in total. The Balaban J connectivity index is 0.000000192. The van der Waals surface area contributed by atoms with Gasteiger partial charge in [0.05, 0.1) is 9.79 Å². The molecule has 0 amide bonds. The third-order valence-corrected chi connectivity index (χ3v) is 9.03. The predicted octanol–water partition coefficient (Wildman–Crippen LogP) is 6.87. The summed E-state index contributed by atoms with van der Waals surface area (Å²) < 4.78 is 70.1. The van der Waals surface area contributed by atoms with Crippen LogP contribution in [0.4, 0.5) is 0 Å². The zero-order valence-electron chi connectivity index (χ0n) is 23.2. The fourth-order valence-corrected chi connectivity index (χ4v) is 7.12. The van der Waals surface area contributed by atoms with Crippen molar-refractivity contribution >= 4 is 101 Å². The van der Waals surface area contributed by atoms with E-state index in [1.807, 2.05) is 72.8 Å². The van der Waals surface area contributed by atoms with E-state index < -0.39 is 20.2 Å². The minimum absolute atomic E-state index is 0. The van der Waals surface area contributed by atoms with Crippen LogP contribution >= 0.6 is 0 Å². The molecule has 6 aromatic carbocycles. The van der Waals surface area contributed by atoms with Crippen molar-refractivity contribution < 1.29 is 25.9 Å². The molecule has 0 N–H and O–H groups in total. The molecule has 0 spiro atoms. The Morgan fingerprint density at radius 2 is 0.837 bits per heavy atom. The fourth-order valence-electron chi connectivity index (χ4n) is 5.29. The molecule has 0 atom stereocenters. The van der Waals surface area contributed by atoms with Crippen LogP contribution in [0, 0.1) is 0 Å². The molecular weight excluding hydrogens is 609 g/mol. The number of hydrogen-bond donors (Lipinski definition) is 0. The Bertz CT molecular complexity index is 2080. The summed E-state index contributed by atoms with van der Waals surface area (Å²) in [5, 5.41) is 6.28. The topological polar surface area (TPSA) is 114 Å². The maximum absolute atomic E-state index is 11.7. The third-order valence-electron chi connectivity index (χ3n) is 7.06. The smallest absolute Gasteiger partial charge is 0.744 e. The summed E-state index contributed by atoms with van der Waals surface area (Å²) in [4.78, 5) is -0.267. The summed E-state index contributed by atoms with van der Waals surface area (Å²) >= 11 is 0. The summed E-state index contributed by atoms with van der Waals surface area (Å²) in [6, 6.07) is 29.7. The summed E-state index contributed by atoms with van der Waals surface area (Å²) in [5.74, 6) is 0. The van der Waals surface area contributed by atoms with Gasteiger partial charge in [-0.25, -0.2) is 16.8 Å². The van der Waals surface area contributed by atoms with Gasteiger partial charge < -0.3 is 9.11 Å². The Kier molecular flexibility index (Phi) is 10.1. The molecule has 0 aromatic heterocycles. The van der Waals surface area contributed by atoms with E-state index in [0.717, 1.165) is 32.3 Å². The zero-order valence-corrected chi connectivity index (χ0v) is 27.0. The van der Waals surface area contributed by atoms with E-state index in [-0.39, 0.29) is 47.5 Å². The fraction of sp³-hybridized carbons (Fsp3) is 0.0588. The quantitative estimate of drug-likeness (QED) is 0.0855. The van der Waals surface area contributed by atoms with E-state index in [9.17, 15) is 25.9 Å². The predicted molar refractivity (Wildman–Crippen MR) is 172 cm³/mol. The van der Waals surface area contributed by atoms with Gasteiger partial charge in [0.15, 0.2) is 0 Å². The molecule has 0 radical (unpaired) electrons. The van der Waals surface area contributed by atoms with Gasteiger partial charge >= 0.3 is 37.7 Å². The van der Waals surface area contributed by atoms with Crippen molar-refractivity contribution in [2.45, 2.75) is 22.6 Å². The SMILES string of the molecule is C=CCc1ccc2cc3ccccc3cc2c1S(=O)(=O)[O-].C=CCc1ccc2cc3ccccc3cc2c1S(=O)(=O)[O-].[Ca+2]. The van der Waals surface area contributed by atoms with Crippen molar-refractivity contribution in [3.63, 3.8) is 0 Å². The van der Waals surface area contributed by atoms with Crippen LogP contribution in [0.3, 0.4) is 0 Å². The van der Waals surface area contributed by atoms with Crippen LogP contribution in [0.1, 0.15) is 11.1 Å². The first-order valence-electron chi connectivity index (χ1n) is 13.0. The molecule has 212 valence electrons. The molecule has 0 aliphatic heterocycles. The van der Waals surface area contributed by atoms with Gasteiger partial charge in [0.25, 0.3) is 0 Å². The Hall–Kier alpha value is -3.08.